The molecule has 0 aliphatic heterocycles. The summed E-state index contributed by atoms with van der Waals surface area (Å²) in [7, 11) is -0.417. The van der Waals surface area contributed by atoms with Crippen LogP contribution >= 0.6 is 0 Å². The molecule has 0 radical (unpaired) electrons. The van der Waals surface area contributed by atoms with E-state index < -0.39 is 8.80 Å². The molecule has 0 aromatic carbocycles. The summed E-state index contributed by atoms with van der Waals surface area (Å²) in [6.07, 6.45) is 1.33. The highest BCUT2D eigenvalue weighted by molar-refractivity contribution is 6.62. The van der Waals surface area contributed by atoms with Crippen LogP contribution in [0, 0.1) is 0 Å². The molecule has 1 unspecified atom stereocenters. The van der Waals surface area contributed by atoms with Crippen LogP contribution < -0.4 is 0 Å². The molecule has 0 bridgehead atoms. The minimum atomic E-state index is -0.417. The lowest BCUT2D eigenvalue weighted by molar-refractivity contribution is 1.07. The topological polar surface area (TPSA) is 0 Å². The Bertz CT molecular complexity index is 50.1. The average Bonchev–Trinajstić information content (AvgIpc) is 1.68. The highest BCUT2D eigenvalue weighted by atomic mass is 28.3. The first kappa shape index (κ1) is 6.96. The molecule has 0 nitrogen and oxygen atoms in total. The molecule has 0 spiro atoms. The highest BCUT2D eigenvalue weighted by Crippen LogP contribution is 1.95. The summed E-state index contributed by atoms with van der Waals surface area (Å²) in [5, 5.41) is 0. The number of rotatable bonds is 3. The van der Waals surface area contributed by atoms with Crippen molar-refractivity contribution in [1.29, 1.82) is 0 Å². The number of hydrogen-bond donors (Lipinski definition) is 0. The molecule has 0 amide bonds. The van der Waals surface area contributed by atoms with E-state index in [0.717, 1.165) is 0 Å². The van der Waals surface area contributed by atoms with Gasteiger partial charge in [-0.1, -0.05) is 25.9 Å². The van der Waals surface area contributed by atoms with Gasteiger partial charge in [-0.25, -0.2) is 0 Å². The number of hydrogen-bond acceptors (Lipinski definition) is 0. The molecule has 7 heavy (non-hydrogen) atoms. The van der Waals surface area contributed by atoms with E-state index in [2.05, 4.69) is 25.7 Å². The molecule has 0 saturated heterocycles. The molecule has 1 atom stereocenters. The summed E-state index contributed by atoms with van der Waals surface area (Å²) in [5.74, 6) is 0. The standard InChI is InChI=1S/C6H14Si/c1-4-6-7(3)5-2/h5,7H,2,4,6H2,1,3H3. The van der Waals surface area contributed by atoms with Crippen LogP contribution in [0.3, 0.4) is 0 Å². The first-order chi connectivity index (χ1) is 3.31. The van der Waals surface area contributed by atoms with E-state index in [4.69, 9.17) is 0 Å². The molecular weight excluding hydrogens is 100 g/mol. The van der Waals surface area contributed by atoms with Crippen molar-refractivity contribution in [2.75, 3.05) is 0 Å². The monoisotopic (exact) mass is 114 g/mol. The maximum Gasteiger partial charge on any atom is 0.0576 e. The summed E-state index contributed by atoms with van der Waals surface area (Å²) >= 11 is 0. The van der Waals surface area contributed by atoms with Gasteiger partial charge < -0.3 is 0 Å². The summed E-state index contributed by atoms with van der Waals surface area (Å²) in [6.45, 7) is 8.30. The third-order valence-corrected chi connectivity index (χ3v) is 3.44. The van der Waals surface area contributed by atoms with Crippen molar-refractivity contribution in [3.8, 4) is 0 Å². The van der Waals surface area contributed by atoms with Gasteiger partial charge in [0.15, 0.2) is 0 Å². The van der Waals surface area contributed by atoms with Crippen LogP contribution in [0.15, 0.2) is 12.3 Å². The third kappa shape index (κ3) is 3.80. The van der Waals surface area contributed by atoms with E-state index in [1.807, 2.05) is 0 Å². The minimum Gasteiger partial charge on any atom is -0.107 e. The predicted molar refractivity (Wildman–Crippen MR) is 38.3 cm³/mol. The molecule has 0 aliphatic carbocycles. The second-order valence-corrected chi connectivity index (χ2v) is 5.00. The van der Waals surface area contributed by atoms with E-state index in [9.17, 15) is 0 Å². The lowest BCUT2D eigenvalue weighted by Crippen LogP contribution is -1.98. The first-order valence-electron chi connectivity index (χ1n) is 2.93. The molecule has 1 heteroatoms. The molecule has 0 heterocycles. The van der Waals surface area contributed by atoms with Gasteiger partial charge >= 0.3 is 0 Å². The molecule has 0 rings (SSSR count). The van der Waals surface area contributed by atoms with Crippen molar-refractivity contribution in [1.82, 2.24) is 0 Å². The summed E-state index contributed by atoms with van der Waals surface area (Å²) < 4.78 is 0. The fourth-order valence-electron chi connectivity index (χ4n) is 0.573. The van der Waals surface area contributed by atoms with Gasteiger partial charge in [0.1, 0.15) is 0 Å². The smallest absolute Gasteiger partial charge is 0.0576 e. The zero-order chi connectivity index (χ0) is 5.70. The average molecular weight is 114 g/mol. The molecule has 0 aromatic heterocycles. The second kappa shape index (κ2) is 4.12. The first-order valence-corrected chi connectivity index (χ1v) is 5.57. The van der Waals surface area contributed by atoms with E-state index in [0.29, 0.717) is 0 Å². The largest absolute Gasteiger partial charge is 0.107 e. The Morgan fingerprint density at radius 3 is 2.43 bits per heavy atom. The lowest BCUT2D eigenvalue weighted by Gasteiger charge is -1.96. The van der Waals surface area contributed by atoms with Crippen LogP contribution in [-0.2, 0) is 0 Å². The normalized spacial score (nSPS) is 13.4. The van der Waals surface area contributed by atoms with Gasteiger partial charge in [0.05, 0.1) is 8.80 Å². The Labute approximate surface area is 47.9 Å². The Balaban J connectivity index is 2.98. The van der Waals surface area contributed by atoms with E-state index >= 15 is 0 Å². The van der Waals surface area contributed by atoms with Crippen molar-refractivity contribution in [3.05, 3.63) is 12.3 Å². The summed E-state index contributed by atoms with van der Waals surface area (Å²) in [4.78, 5) is 0. The van der Waals surface area contributed by atoms with Crippen molar-refractivity contribution >= 4 is 8.80 Å². The second-order valence-electron chi connectivity index (χ2n) is 2.00. The van der Waals surface area contributed by atoms with Crippen LogP contribution in [0.2, 0.25) is 12.6 Å². The van der Waals surface area contributed by atoms with Gasteiger partial charge in [0.25, 0.3) is 0 Å². The Morgan fingerprint density at radius 2 is 2.29 bits per heavy atom. The summed E-state index contributed by atoms with van der Waals surface area (Å²) in [5.41, 5.74) is 2.14. The van der Waals surface area contributed by atoms with Gasteiger partial charge in [-0.05, 0) is 0 Å². The van der Waals surface area contributed by atoms with E-state index in [-0.39, 0.29) is 0 Å². The fraction of sp³-hybridized carbons (Fsp3) is 0.667. The van der Waals surface area contributed by atoms with Gasteiger partial charge in [-0.15, -0.1) is 12.3 Å². The summed E-state index contributed by atoms with van der Waals surface area (Å²) in [6, 6.07) is 1.42. The molecule has 0 saturated carbocycles. The molecule has 0 fully saturated rings. The van der Waals surface area contributed by atoms with Crippen molar-refractivity contribution in [2.45, 2.75) is 25.9 Å². The fourth-order valence-corrected chi connectivity index (χ4v) is 1.72. The van der Waals surface area contributed by atoms with Crippen LogP contribution in [0.4, 0.5) is 0 Å². The maximum atomic E-state index is 3.74. The van der Waals surface area contributed by atoms with Gasteiger partial charge in [-0.3, -0.25) is 0 Å². The minimum absolute atomic E-state index is 0.417. The lowest BCUT2D eigenvalue weighted by atomic mass is 10.6. The molecule has 0 N–H and O–H groups in total. The molecule has 0 aromatic rings. The van der Waals surface area contributed by atoms with Gasteiger partial charge in [0, 0.05) is 0 Å². The van der Waals surface area contributed by atoms with Gasteiger partial charge in [-0.2, -0.15) is 0 Å². The third-order valence-electron chi connectivity index (χ3n) is 1.15. The van der Waals surface area contributed by atoms with E-state index in [1.54, 1.807) is 0 Å². The Kier molecular flexibility index (Phi) is 4.10. The van der Waals surface area contributed by atoms with Crippen LogP contribution in [0.25, 0.3) is 0 Å². The van der Waals surface area contributed by atoms with Crippen molar-refractivity contribution < 1.29 is 0 Å². The Morgan fingerprint density at radius 1 is 1.71 bits per heavy atom. The van der Waals surface area contributed by atoms with Crippen LogP contribution in [-0.4, -0.2) is 8.80 Å². The van der Waals surface area contributed by atoms with Crippen LogP contribution in [0.5, 0.6) is 0 Å². The van der Waals surface area contributed by atoms with Crippen molar-refractivity contribution in [2.24, 2.45) is 0 Å². The maximum absolute atomic E-state index is 3.74. The van der Waals surface area contributed by atoms with E-state index in [1.165, 1.54) is 12.5 Å². The quantitative estimate of drug-likeness (QED) is 0.492. The predicted octanol–water partition coefficient (Wildman–Crippen LogP) is 1.98. The van der Waals surface area contributed by atoms with Crippen molar-refractivity contribution in [3.63, 3.8) is 0 Å². The SMILES string of the molecule is C=C[SiH](C)CCC. The molecular formula is C6H14Si. The zero-order valence-electron chi connectivity index (χ0n) is 5.28. The Hall–Kier alpha value is -0.0431. The molecule has 42 valence electrons. The highest BCUT2D eigenvalue weighted by Gasteiger charge is 1.91. The molecule has 0 aliphatic rings. The van der Waals surface area contributed by atoms with Gasteiger partial charge in [0.2, 0.25) is 0 Å². The zero-order valence-corrected chi connectivity index (χ0v) is 6.43. The van der Waals surface area contributed by atoms with Crippen LogP contribution in [0.1, 0.15) is 13.3 Å².